The summed E-state index contributed by atoms with van der Waals surface area (Å²) in [5.74, 6) is 0.666. The van der Waals surface area contributed by atoms with E-state index in [4.69, 9.17) is 4.99 Å². The maximum atomic E-state index is 4.80. The van der Waals surface area contributed by atoms with E-state index in [0.717, 1.165) is 30.7 Å². The molecule has 1 unspecified atom stereocenters. The van der Waals surface area contributed by atoms with E-state index in [1.54, 1.807) is 0 Å². The van der Waals surface area contributed by atoms with Crippen molar-refractivity contribution >= 4 is 5.84 Å². The highest BCUT2D eigenvalue weighted by Gasteiger charge is 2.44. The molecular weight excluding hydrogens is 248 g/mol. The highest BCUT2D eigenvalue weighted by molar-refractivity contribution is 5.98. The molecule has 1 atom stereocenters. The molecular formula is C16H24N4. The number of pyridine rings is 1. The van der Waals surface area contributed by atoms with Crippen LogP contribution in [0.4, 0.5) is 0 Å². The summed E-state index contributed by atoms with van der Waals surface area (Å²) in [6.07, 6.45) is 2.92. The van der Waals surface area contributed by atoms with Crippen molar-refractivity contribution in [3.8, 4) is 0 Å². The number of rotatable bonds is 4. The maximum Gasteiger partial charge on any atom is 0.197 e. The second kappa shape index (κ2) is 5.43. The summed E-state index contributed by atoms with van der Waals surface area (Å²) < 4.78 is 0. The molecule has 0 fully saturated rings. The van der Waals surface area contributed by atoms with Gasteiger partial charge in [-0.15, -0.1) is 5.11 Å². The Morgan fingerprint density at radius 2 is 1.90 bits per heavy atom. The number of aryl methyl sites for hydroxylation is 1. The molecule has 0 saturated heterocycles. The molecule has 2 rings (SSSR count). The van der Waals surface area contributed by atoms with Crippen LogP contribution in [-0.2, 0) is 6.42 Å². The van der Waals surface area contributed by atoms with Crippen LogP contribution in [0.1, 0.15) is 58.8 Å². The van der Waals surface area contributed by atoms with E-state index in [-0.39, 0.29) is 5.41 Å². The number of aliphatic imine (C=N–C) groups is 1. The summed E-state index contributed by atoms with van der Waals surface area (Å²) in [7, 11) is 0. The summed E-state index contributed by atoms with van der Waals surface area (Å²) in [6.45, 7) is 10.7. The van der Waals surface area contributed by atoms with Crippen LogP contribution < -0.4 is 0 Å². The van der Waals surface area contributed by atoms with Crippen LogP contribution in [0.2, 0.25) is 0 Å². The van der Waals surface area contributed by atoms with Crippen molar-refractivity contribution in [2.45, 2.75) is 59.5 Å². The highest BCUT2D eigenvalue weighted by Crippen LogP contribution is 2.41. The van der Waals surface area contributed by atoms with Crippen molar-refractivity contribution in [1.29, 1.82) is 0 Å². The van der Waals surface area contributed by atoms with Crippen LogP contribution in [0.5, 0.6) is 0 Å². The molecule has 1 aromatic rings. The molecule has 4 nitrogen and oxygen atoms in total. The van der Waals surface area contributed by atoms with Crippen molar-refractivity contribution < 1.29 is 0 Å². The molecule has 108 valence electrons. The molecule has 0 aliphatic carbocycles. The maximum absolute atomic E-state index is 4.80. The van der Waals surface area contributed by atoms with Gasteiger partial charge in [0.25, 0.3) is 0 Å². The first-order chi connectivity index (χ1) is 9.42. The fourth-order valence-electron chi connectivity index (χ4n) is 2.46. The van der Waals surface area contributed by atoms with Crippen LogP contribution in [0.25, 0.3) is 0 Å². The number of azo groups is 1. The lowest BCUT2D eigenvalue weighted by atomic mass is 9.80. The van der Waals surface area contributed by atoms with Crippen molar-refractivity contribution in [3.63, 3.8) is 0 Å². The van der Waals surface area contributed by atoms with Crippen LogP contribution in [-0.4, -0.2) is 16.5 Å². The lowest BCUT2D eigenvalue weighted by Gasteiger charge is -2.33. The van der Waals surface area contributed by atoms with Gasteiger partial charge in [-0.1, -0.05) is 47.1 Å². The van der Waals surface area contributed by atoms with Gasteiger partial charge >= 0.3 is 0 Å². The smallest absolute Gasteiger partial charge is 0.197 e. The normalized spacial score (nSPS) is 22.1. The Balaban J connectivity index is 2.36. The number of aromatic nitrogens is 1. The zero-order valence-corrected chi connectivity index (χ0v) is 13.1. The average Bonchev–Trinajstić information content (AvgIpc) is 2.85. The first-order valence-electron chi connectivity index (χ1n) is 7.41. The van der Waals surface area contributed by atoms with E-state index in [1.165, 1.54) is 0 Å². The first kappa shape index (κ1) is 14.8. The Morgan fingerprint density at radius 3 is 2.45 bits per heavy atom. The third-order valence-electron chi connectivity index (χ3n) is 3.84. The number of nitrogens with zero attached hydrogens (tertiary/aromatic N) is 4. The minimum Gasteiger partial charge on any atom is -0.249 e. The van der Waals surface area contributed by atoms with Crippen molar-refractivity contribution in [2.75, 3.05) is 0 Å². The second-order valence-corrected chi connectivity index (χ2v) is 6.32. The van der Waals surface area contributed by atoms with Gasteiger partial charge < -0.3 is 0 Å². The molecule has 0 spiro atoms. The van der Waals surface area contributed by atoms with Gasteiger partial charge in [-0.2, -0.15) is 5.11 Å². The monoisotopic (exact) mass is 272 g/mol. The number of amidine groups is 1. The molecule has 0 radical (unpaired) electrons. The highest BCUT2D eigenvalue weighted by atomic mass is 15.3. The quantitative estimate of drug-likeness (QED) is 0.801. The standard InChI is InChI=1S/C16H24N4/c1-6-9-12-10-8-11-13(17-12)14-18-16(7-2,20-19-14)15(3,4)5/h8,10-11H,6-7,9H2,1-5H3. The average molecular weight is 272 g/mol. The topological polar surface area (TPSA) is 50.0 Å². The summed E-state index contributed by atoms with van der Waals surface area (Å²) in [5.41, 5.74) is 1.42. The fraction of sp³-hybridized carbons (Fsp3) is 0.625. The van der Waals surface area contributed by atoms with Gasteiger partial charge in [-0.25, -0.2) is 9.98 Å². The van der Waals surface area contributed by atoms with E-state index >= 15 is 0 Å². The van der Waals surface area contributed by atoms with Crippen LogP contribution >= 0.6 is 0 Å². The van der Waals surface area contributed by atoms with Gasteiger partial charge in [0.1, 0.15) is 5.69 Å². The minimum absolute atomic E-state index is 0.0476. The van der Waals surface area contributed by atoms with Gasteiger partial charge in [0.2, 0.25) is 0 Å². The Hall–Kier alpha value is -1.58. The summed E-state index contributed by atoms with van der Waals surface area (Å²) in [5, 5.41) is 8.78. The van der Waals surface area contributed by atoms with Gasteiger partial charge in [0, 0.05) is 11.1 Å². The zero-order valence-electron chi connectivity index (χ0n) is 13.1. The lowest BCUT2D eigenvalue weighted by molar-refractivity contribution is 0.192. The van der Waals surface area contributed by atoms with Gasteiger partial charge in [-0.05, 0) is 25.0 Å². The molecule has 1 aromatic heterocycles. The predicted molar refractivity (Wildman–Crippen MR) is 82.1 cm³/mol. The minimum atomic E-state index is -0.454. The molecule has 0 bridgehead atoms. The van der Waals surface area contributed by atoms with E-state index in [1.807, 2.05) is 12.1 Å². The largest absolute Gasteiger partial charge is 0.249 e. The van der Waals surface area contributed by atoms with E-state index in [0.29, 0.717) is 5.84 Å². The van der Waals surface area contributed by atoms with Gasteiger partial charge in [0.15, 0.2) is 11.5 Å². The Labute approximate surface area is 121 Å². The molecule has 20 heavy (non-hydrogen) atoms. The summed E-state index contributed by atoms with van der Waals surface area (Å²) in [4.78, 5) is 9.44. The van der Waals surface area contributed by atoms with Gasteiger partial charge in [-0.3, -0.25) is 0 Å². The zero-order chi connectivity index (χ0) is 14.8. The molecule has 2 heterocycles. The molecule has 1 aliphatic rings. The fourth-order valence-corrected chi connectivity index (χ4v) is 2.46. The number of hydrogen-bond acceptors (Lipinski definition) is 4. The third kappa shape index (κ3) is 2.65. The molecule has 0 aromatic carbocycles. The first-order valence-corrected chi connectivity index (χ1v) is 7.41. The Morgan fingerprint density at radius 1 is 1.15 bits per heavy atom. The van der Waals surface area contributed by atoms with Crippen LogP contribution in [0.15, 0.2) is 33.4 Å². The summed E-state index contributed by atoms with van der Waals surface area (Å²) >= 11 is 0. The second-order valence-electron chi connectivity index (χ2n) is 6.32. The Kier molecular flexibility index (Phi) is 4.02. The molecule has 0 amide bonds. The number of hydrogen-bond donors (Lipinski definition) is 0. The SMILES string of the molecule is CCCc1cccc(C2=NC(CC)(C(C)(C)C)N=N2)n1. The van der Waals surface area contributed by atoms with Crippen molar-refractivity contribution in [3.05, 3.63) is 29.6 Å². The Bertz CT molecular complexity index is 540. The van der Waals surface area contributed by atoms with Gasteiger partial charge in [0.05, 0.1) is 0 Å². The van der Waals surface area contributed by atoms with Crippen molar-refractivity contribution in [2.24, 2.45) is 20.6 Å². The molecule has 1 aliphatic heterocycles. The van der Waals surface area contributed by atoms with E-state index < -0.39 is 5.66 Å². The summed E-state index contributed by atoms with van der Waals surface area (Å²) in [6, 6.07) is 6.04. The van der Waals surface area contributed by atoms with Crippen molar-refractivity contribution in [1.82, 2.24) is 4.98 Å². The molecule has 0 saturated carbocycles. The van der Waals surface area contributed by atoms with Crippen LogP contribution in [0, 0.1) is 5.41 Å². The van der Waals surface area contributed by atoms with E-state index in [9.17, 15) is 0 Å². The molecule has 0 N–H and O–H groups in total. The molecule has 4 heteroatoms. The lowest BCUT2D eigenvalue weighted by Crippen LogP contribution is -2.37. The van der Waals surface area contributed by atoms with E-state index in [2.05, 4.69) is 55.9 Å². The van der Waals surface area contributed by atoms with Crippen LogP contribution in [0.3, 0.4) is 0 Å². The predicted octanol–water partition coefficient (Wildman–Crippen LogP) is 4.40. The third-order valence-corrected chi connectivity index (χ3v) is 3.84.